The molecule has 0 radical (unpaired) electrons. The molecule has 0 saturated heterocycles. The van der Waals surface area contributed by atoms with Crippen LogP contribution in [0.3, 0.4) is 0 Å². The predicted octanol–water partition coefficient (Wildman–Crippen LogP) is 1.58. The summed E-state index contributed by atoms with van der Waals surface area (Å²) >= 11 is 0. The van der Waals surface area contributed by atoms with E-state index in [0.717, 1.165) is 5.56 Å². The molecule has 1 aliphatic rings. The molecule has 2 amide bonds. The van der Waals surface area contributed by atoms with Crippen LogP contribution in [0.4, 0.5) is 15.8 Å². The molecule has 2 aromatic carbocycles. The number of nitrogens with zero attached hydrogens (tertiary/aromatic N) is 1. The monoisotopic (exact) mass is 405 g/mol. The zero-order chi connectivity index (χ0) is 20.3. The van der Waals surface area contributed by atoms with E-state index in [-0.39, 0.29) is 18.0 Å². The largest absolute Gasteiger partial charge is 0.347 e. The third kappa shape index (κ3) is 4.30. The first-order valence-electron chi connectivity index (χ1n) is 8.71. The van der Waals surface area contributed by atoms with Crippen molar-refractivity contribution in [3.63, 3.8) is 0 Å². The van der Waals surface area contributed by atoms with E-state index in [4.69, 9.17) is 0 Å². The second kappa shape index (κ2) is 7.97. The third-order valence-corrected chi connectivity index (χ3v) is 6.18. The van der Waals surface area contributed by atoms with Crippen LogP contribution in [0.2, 0.25) is 0 Å². The maximum absolute atomic E-state index is 13.7. The number of fused-ring (bicyclic) bond motifs is 1. The highest BCUT2D eigenvalue weighted by atomic mass is 32.2. The Morgan fingerprint density at radius 3 is 2.64 bits per heavy atom. The summed E-state index contributed by atoms with van der Waals surface area (Å²) in [5.74, 6) is -3.10. The summed E-state index contributed by atoms with van der Waals surface area (Å²) in [5.41, 5.74) is 2.15. The molecule has 0 bridgehead atoms. The standard InChI is InChI=1S/C19H20FN3O4S/c1-13-6-7-16(15(20)12-13)22-19(25)18(24)21-9-11-28(26,27)23-10-8-14-4-2-3-5-17(14)23/h2-7,12H,8-11H2,1H3,(H,21,24)(H,22,25). The minimum absolute atomic E-state index is 0.118. The summed E-state index contributed by atoms with van der Waals surface area (Å²) in [6.45, 7) is 1.81. The lowest BCUT2D eigenvalue weighted by Gasteiger charge is -2.19. The number of benzene rings is 2. The highest BCUT2D eigenvalue weighted by molar-refractivity contribution is 7.92. The number of sulfonamides is 1. The van der Waals surface area contributed by atoms with Gasteiger partial charge >= 0.3 is 11.8 Å². The van der Waals surface area contributed by atoms with Crippen LogP contribution in [0.25, 0.3) is 0 Å². The van der Waals surface area contributed by atoms with E-state index in [0.29, 0.717) is 24.2 Å². The number of amides is 2. The fourth-order valence-electron chi connectivity index (χ4n) is 2.98. The van der Waals surface area contributed by atoms with E-state index in [1.165, 1.54) is 16.4 Å². The molecule has 28 heavy (non-hydrogen) atoms. The van der Waals surface area contributed by atoms with Crippen molar-refractivity contribution in [3.8, 4) is 0 Å². The topological polar surface area (TPSA) is 95.6 Å². The molecule has 0 atom stereocenters. The maximum Gasteiger partial charge on any atom is 0.313 e. The van der Waals surface area contributed by atoms with Crippen LogP contribution in [0, 0.1) is 12.7 Å². The van der Waals surface area contributed by atoms with Gasteiger partial charge in [0.15, 0.2) is 0 Å². The van der Waals surface area contributed by atoms with Gasteiger partial charge in [-0.1, -0.05) is 24.3 Å². The lowest BCUT2D eigenvalue weighted by Crippen LogP contribution is -2.40. The van der Waals surface area contributed by atoms with Crippen molar-refractivity contribution in [2.24, 2.45) is 0 Å². The number of carbonyl (C=O) groups is 2. The molecule has 1 aliphatic heterocycles. The summed E-state index contributed by atoms with van der Waals surface area (Å²) in [6.07, 6.45) is 0.631. The second-order valence-corrected chi connectivity index (χ2v) is 8.47. The first-order chi connectivity index (χ1) is 13.3. The van der Waals surface area contributed by atoms with Gasteiger partial charge in [-0.2, -0.15) is 0 Å². The lowest BCUT2D eigenvalue weighted by molar-refractivity contribution is -0.136. The van der Waals surface area contributed by atoms with Crippen LogP contribution in [0.5, 0.6) is 0 Å². The van der Waals surface area contributed by atoms with Crippen LogP contribution in [0.15, 0.2) is 42.5 Å². The molecule has 3 rings (SSSR count). The fraction of sp³-hybridized carbons (Fsp3) is 0.263. The number of hydrogen-bond acceptors (Lipinski definition) is 4. The van der Waals surface area contributed by atoms with Gasteiger partial charge in [0.1, 0.15) is 5.82 Å². The Kier molecular flexibility index (Phi) is 5.64. The quantitative estimate of drug-likeness (QED) is 0.739. The molecular formula is C19H20FN3O4S. The Balaban J connectivity index is 1.54. The van der Waals surface area contributed by atoms with Gasteiger partial charge in [-0.25, -0.2) is 12.8 Å². The third-order valence-electron chi connectivity index (χ3n) is 4.40. The van der Waals surface area contributed by atoms with E-state index in [9.17, 15) is 22.4 Å². The second-order valence-electron chi connectivity index (χ2n) is 6.46. The Hall–Kier alpha value is -2.94. The number of rotatable bonds is 5. The maximum atomic E-state index is 13.7. The van der Waals surface area contributed by atoms with Crippen molar-refractivity contribution in [2.75, 3.05) is 28.5 Å². The molecule has 0 spiro atoms. The predicted molar refractivity (Wildman–Crippen MR) is 104 cm³/mol. The van der Waals surface area contributed by atoms with Crippen LogP contribution < -0.4 is 14.9 Å². The van der Waals surface area contributed by atoms with Gasteiger partial charge in [-0.3, -0.25) is 13.9 Å². The number of anilines is 2. The summed E-state index contributed by atoms with van der Waals surface area (Å²) < 4.78 is 40.1. The number of para-hydroxylation sites is 1. The highest BCUT2D eigenvalue weighted by Crippen LogP contribution is 2.29. The van der Waals surface area contributed by atoms with Gasteiger partial charge < -0.3 is 10.6 Å². The van der Waals surface area contributed by atoms with Gasteiger partial charge in [0.05, 0.1) is 17.1 Å². The van der Waals surface area contributed by atoms with E-state index in [1.54, 1.807) is 25.1 Å². The molecule has 2 aromatic rings. The summed E-state index contributed by atoms with van der Waals surface area (Å²) in [5, 5.41) is 4.42. The molecule has 0 fully saturated rings. The molecule has 0 saturated carbocycles. The van der Waals surface area contributed by atoms with Crippen molar-refractivity contribution >= 4 is 33.2 Å². The van der Waals surface area contributed by atoms with Crippen LogP contribution in [0.1, 0.15) is 11.1 Å². The minimum Gasteiger partial charge on any atom is -0.347 e. The van der Waals surface area contributed by atoms with Crippen molar-refractivity contribution in [1.29, 1.82) is 0 Å². The molecule has 0 unspecified atom stereocenters. The molecule has 2 N–H and O–H groups in total. The van der Waals surface area contributed by atoms with E-state index in [2.05, 4.69) is 10.6 Å². The van der Waals surface area contributed by atoms with Crippen molar-refractivity contribution in [1.82, 2.24) is 5.32 Å². The van der Waals surface area contributed by atoms with Crippen molar-refractivity contribution < 1.29 is 22.4 Å². The molecule has 0 aliphatic carbocycles. The normalized spacial score (nSPS) is 13.1. The molecule has 1 heterocycles. The van der Waals surface area contributed by atoms with E-state index >= 15 is 0 Å². The van der Waals surface area contributed by atoms with Crippen molar-refractivity contribution in [3.05, 3.63) is 59.4 Å². The van der Waals surface area contributed by atoms with Gasteiger partial charge in [0.2, 0.25) is 10.0 Å². The Morgan fingerprint density at radius 2 is 1.89 bits per heavy atom. The Morgan fingerprint density at radius 1 is 1.14 bits per heavy atom. The number of nitrogens with one attached hydrogen (secondary N) is 2. The van der Waals surface area contributed by atoms with Gasteiger partial charge in [-0.05, 0) is 42.7 Å². The van der Waals surface area contributed by atoms with Crippen LogP contribution in [-0.2, 0) is 26.0 Å². The lowest BCUT2D eigenvalue weighted by atomic mass is 10.2. The number of carbonyl (C=O) groups excluding carboxylic acids is 2. The fourth-order valence-corrected chi connectivity index (χ4v) is 4.41. The van der Waals surface area contributed by atoms with Crippen LogP contribution in [-0.4, -0.2) is 39.1 Å². The van der Waals surface area contributed by atoms with Crippen molar-refractivity contribution in [2.45, 2.75) is 13.3 Å². The zero-order valence-electron chi connectivity index (χ0n) is 15.2. The Labute approximate surface area is 162 Å². The Bertz CT molecular complexity index is 1020. The number of hydrogen-bond donors (Lipinski definition) is 2. The molecular weight excluding hydrogens is 385 g/mol. The average molecular weight is 405 g/mol. The average Bonchev–Trinajstić information content (AvgIpc) is 3.08. The summed E-state index contributed by atoms with van der Waals surface area (Å²) in [6, 6.07) is 11.4. The number of aryl methyl sites for hydroxylation is 1. The SMILES string of the molecule is Cc1ccc(NC(=O)C(=O)NCCS(=O)(=O)N2CCc3ccccc32)c(F)c1. The smallest absolute Gasteiger partial charge is 0.313 e. The molecule has 0 aromatic heterocycles. The zero-order valence-corrected chi connectivity index (χ0v) is 16.1. The van der Waals surface area contributed by atoms with E-state index < -0.39 is 27.7 Å². The van der Waals surface area contributed by atoms with Gasteiger partial charge in [-0.15, -0.1) is 0 Å². The highest BCUT2D eigenvalue weighted by Gasteiger charge is 2.29. The van der Waals surface area contributed by atoms with Gasteiger partial charge in [0, 0.05) is 13.1 Å². The molecule has 7 nitrogen and oxygen atoms in total. The summed E-state index contributed by atoms with van der Waals surface area (Å²) in [4.78, 5) is 23.8. The minimum atomic E-state index is -3.64. The van der Waals surface area contributed by atoms with Gasteiger partial charge in [0.25, 0.3) is 0 Å². The van der Waals surface area contributed by atoms with Crippen LogP contribution >= 0.6 is 0 Å². The van der Waals surface area contributed by atoms with E-state index in [1.807, 2.05) is 12.1 Å². The first kappa shape index (κ1) is 19.8. The molecule has 9 heteroatoms. The summed E-state index contributed by atoms with van der Waals surface area (Å²) in [7, 11) is -3.64. The number of halogens is 1. The first-order valence-corrected chi connectivity index (χ1v) is 10.3. The molecule has 148 valence electrons.